The Morgan fingerprint density at radius 1 is 1.12 bits per heavy atom. The van der Waals surface area contributed by atoms with E-state index < -0.39 is 5.97 Å². The number of ether oxygens (including phenoxy) is 1. The summed E-state index contributed by atoms with van der Waals surface area (Å²) >= 11 is 1.60. The molecule has 224 valence electrons. The van der Waals surface area contributed by atoms with Gasteiger partial charge in [-0.15, -0.1) is 11.3 Å². The van der Waals surface area contributed by atoms with Gasteiger partial charge >= 0.3 is 5.97 Å². The third-order valence-corrected chi connectivity index (χ3v) is 9.69. The van der Waals surface area contributed by atoms with E-state index in [0.717, 1.165) is 70.3 Å². The van der Waals surface area contributed by atoms with Crippen molar-refractivity contribution in [2.75, 3.05) is 25.0 Å². The number of carbonyl (C=O) groups is 2. The van der Waals surface area contributed by atoms with Crippen molar-refractivity contribution in [3.05, 3.63) is 82.0 Å². The second kappa shape index (κ2) is 11.8. The van der Waals surface area contributed by atoms with Gasteiger partial charge in [0.2, 0.25) is 0 Å². The lowest BCUT2D eigenvalue weighted by molar-refractivity contribution is -0.144. The Kier molecular flexibility index (Phi) is 7.96. The van der Waals surface area contributed by atoms with Crippen LogP contribution in [0.15, 0.2) is 54.2 Å². The number of fused-ring (bicyclic) bond motifs is 2. The van der Waals surface area contributed by atoms with Gasteiger partial charge in [0.25, 0.3) is 5.91 Å². The Hall–Kier alpha value is -4.18. The largest absolute Gasteiger partial charge is 0.488 e. The van der Waals surface area contributed by atoms with Crippen LogP contribution in [0.3, 0.4) is 0 Å². The van der Waals surface area contributed by atoms with Gasteiger partial charge in [0.05, 0.1) is 17.8 Å². The molecule has 1 aliphatic heterocycles. The summed E-state index contributed by atoms with van der Waals surface area (Å²) < 4.78 is 8.09. The van der Waals surface area contributed by atoms with Gasteiger partial charge < -0.3 is 19.6 Å². The normalized spacial score (nSPS) is 19.4. The number of carbonyl (C=O) groups excluding carboxylic acids is 1. The third-order valence-electron chi connectivity index (χ3n) is 8.79. The summed E-state index contributed by atoms with van der Waals surface area (Å²) in [7, 11) is 3.66. The number of carboxylic acid groups (broad SMARTS) is 1. The van der Waals surface area contributed by atoms with Crippen LogP contribution in [0.5, 0.6) is 5.75 Å². The summed E-state index contributed by atoms with van der Waals surface area (Å²) in [5.74, 6) is 0.206. The fourth-order valence-corrected chi connectivity index (χ4v) is 7.40. The number of thiazole rings is 1. The number of aliphatic carboxylic acids is 1. The number of hydrogen-bond donors (Lipinski definition) is 1. The molecule has 9 nitrogen and oxygen atoms in total. The monoisotopic (exact) mass is 599 g/mol. The first kappa shape index (κ1) is 28.9. The van der Waals surface area contributed by atoms with Gasteiger partial charge in [0.1, 0.15) is 12.4 Å². The molecule has 2 aromatic carbocycles. The number of aromatic nitrogens is 3. The van der Waals surface area contributed by atoms with Crippen LogP contribution in [0.1, 0.15) is 45.5 Å². The second-order valence-corrected chi connectivity index (χ2v) is 12.8. The van der Waals surface area contributed by atoms with Crippen molar-refractivity contribution in [3.63, 3.8) is 0 Å². The third kappa shape index (κ3) is 6.01. The lowest BCUT2D eigenvalue weighted by Crippen LogP contribution is -2.44. The van der Waals surface area contributed by atoms with Crippen LogP contribution in [0.4, 0.5) is 5.13 Å². The van der Waals surface area contributed by atoms with E-state index in [1.54, 1.807) is 34.2 Å². The van der Waals surface area contributed by atoms with E-state index in [9.17, 15) is 14.7 Å². The maximum atomic E-state index is 13.1. The summed E-state index contributed by atoms with van der Waals surface area (Å²) in [6.07, 6.45) is 5.63. The van der Waals surface area contributed by atoms with Gasteiger partial charge in [0, 0.05) is 62.0 Å². The zero-order chi connectivity index (χ0) is 30.2. The number of nitrogens with zero attached hydrogens (tertiary/aromatic N) is 5. The number of rotatable bonds is 9. The molecule has 1 saturated heterocycles. The summed E-state index contributed by atoms with van der Waals surface area (Å²) in [4.78, 5) is 33.8. The molecule has 4 aromatic rings. The summed E-state index contributed by atoms with van der Waals surface area (Å²) in [6.45, 7) is 6.40. The molecule has 0 radical (unpaired) electrons. The van der Waals surface area contributed by atoms with Crippen LogP contribution in [-0.4, -0.2) is 56.8 Å². The molecular weight excluding hydrogens is 562 g/mol. The van der Waals surface area contributed by atoms with Gasteiger partial charge in [-0.25, -0.2) is 4.98 Å². The summed E-state index contributed by atoms with van der Waals surface area (Å²) in [5, 5.41) is 16.9. The van der Waals surface area contributed by atoms with E-state index in [1.165, 1.54) is 0 Å². The number of amides is 1. The average Bonchev–Trinajstić information content (AvgIpc) is 3.70. The molecule has 1 amide bonds. The fraction of sp³-hybridized carbons (Fsp3) is 0.394. The second-order valence-electron chi connectivity index (χ2n) is 12.0. The zero-order valence-electron chi connectivity index (χ0n) is 25.0. The predicted molar refractivity (Wildman–Crippen MR) is 166 cm³/mol. The van der Waals surface area contributed by atoms with E-state index in [4.69, 9.17) is 9.72 Å². The Morgan fingerprint density at radius 2 is 1.88 bits per heavy atom. The standard InChI is InChI=1S/C33H37N5O4S/c1-20-5-10-29(27(11-20)28-19-43-33(35-28)38-16-24-7-8-25(17-38)30(24)32(40)41)42-18-26-9-6-23(12-21(26)2)31(39)36(3)14-22-13-34-37(4)15-22/h5-6,9-13,15,19,24-25,30H,7-8,14,16-18H2,1-4H3,(H,40,41). The highest BCUT2D eigenvalue weighted by Gasteiger charge is 2.46. The van der Waals surface area contributed by atoms with Gasteiger partial charge in [-0.05, 0) is 73.9 Å². The van der Waals surface area contributed by atoms with Gasteiger partial charge in [-0.3, -0.25) is 14.3 Å². The minimum absolute atomic E-state index is 0.0419. The molecule has 2 atom stereocenters. The van der Waals surface area contributed by atoms with E-state index in [2.05, 4.69) is 28.4 Å². The van der Waals surface area contributed by atoms with Crippen molar-refractivity contribution in [2.45, 2.75) is 39.8 Å². The minimum atomic E-state index is -0.654. The molecule has 1 saturated carbocycles. The number of benzene rings is 2. The molecule has 1 N–H and O–H groups in total. The molecule has 2 fully saturated rings. The number of anilines is 1. The number of piperidine rings is 1. The Bertz CT molecular complexity index is 1650. The lowest BCUT2D eigenvalue weighted by Gasteiger charge is -2.35. The average molecular weight is 600 g/mol. The molecule has 0 spiro atoms. The molecule has 2 aromatic heterocycles. The fourth-order valence-electron chi connectivity index (χ4n) is 6.55. The van der Waals surface area contributed by atoms with Crippen molar-refractivity contribution in [1.82, 2.24) is 19.7 Å². The van der Waals surface area contributed by atoms with Crippen molar-refractivity contribution in [2.24, 2.45) is 24.8 Å². The van der Waals surface area contributed by atoms with Crippen LogP contribution in [-0.2, 0) is 25.0 Å². The zero-order valence-corrected chi connectivity index (χ0v) is 25.8. The first-order chi connectivity index (χ1) is 20.7. The minimum Gasteiger partial charge on any atom is -0.488 e. The van der Waals surface area contributed by atoms with E-state index in [-0.39, 0.29) is 23.7 Å². The molecule has 3 heterocycles. The predicted octanol–water partition coefficient (Wildman–Crippen LogP) is 5.56. The topological polar surface area (TPSA) is 101 Å². The first-order valence-electron chi connectivity index (χ1n) is 14.7. The lowest BCUT2D eigenvalue weighted by atomic mass is 9.85. The maximum Gasteiger partial charge on any atom is 0.307 e. The highest BCUT2D eigenvalue weighted by atomic mass is 32.1. The first-order valence-corrected chi connectivity index (χ1v) is 15.5. The van der Waals surface area contributed by atoms with Gasteiger partial charge in [0.15, 0.2) is 5.13 Å². The molecule has 1 aliphatic carbocycles. The molecule has 2 unspecified atom stereocenters. The molecule has 43 heavy (non-hydrogen) atoms. The van der Waals surface area contributed by atoms with Crippen LogP contribution in [0.25, 0.3) is 11.3 Å². The number of aryl methyl sites for hydroxylation is 3. The van der Waals surface area contributed by atoms with Crippen molar-refractivity contribution < 1.29 is 19.4 Å². The molecule has 10 heteroatoms. The highest BCUT2D eigenvalue weighted by Crippen LogP contribution is 2.44. The smallest absolute Gasteiger partial charge is 0.307 e. The quantitative estimate of drug-likeness (QED) is 0.269. The molecular formula is C33H37N5O4S. The van der Waals surface area contributed by atoms with Crippen LogP contribution in [0.2, 0.25) is 0 Å². The highest BCUT2D eigenvalue weighted by molar-refractivity contribution is 7.14. The van der Waals surface area contributed by atoms with Crippen molar-refractivity contribution >= 4 is 28.3 Å². The summed E-state index contributed by atoms with van der Waals surface area (Å²) in [5.41, 5.74) is 6.54. The Balaban J connectivity index is 1.14. The van der Waals surface area contributed by atoms with Crippen molar-refractivity contribution in [1.29, 1.82) is 0 Å². The maximum absolute atomic E-state index is 13.1. The Labute approximate surface area is 255 Å². The van der Waals surface area contributed by atoms with Crippen molar-refractivity contribution in [3.8, 4) is 17.0 Å². The van der Waals surface area contributed by atoms with Gasteiger partial charge in [-0.1, -0.05) is 17.7 Å². The van der Waals surface area contributed by atoms with Crippen LogP contribution in [0, 0.1) is 31.6 Å². The Morgan fingerprint density at radius 3 is 2.56 bits per heavy atom. The van der Waals surface area contributed by atoms with Gasteiger partial charge in [-0.2, -0.15) is 5.10 Å². The van der Waals surface area contributed by atoms with Crippen LogP contribution < -0.4 is 9.64 Å². The number of hydrogen-bond acceptors (Lipinski definition) is 7. The van der Waals surface area contributed by atoms with E-state index in [1.807, 2.05) is 50.5 Å². The van der Waals surface area contributed by atoms with E-state index >= 15 is 0 Å². The van der Waals surface area contributed by atoms with Crippen LogP contribution >= 0.6 is 11.3 Å². The van der Waals surface area contributed by atoms with E-state index in [0.29, 0.717) is 18.7 Å². The molecule has 2 aliphatic rings. The molecule has 2 bridgehead atoms. The number of carboxylic acids is 1. The SMILES string of the molecule is Cc1ccc(OCc2ccc(C(=O)N(C)Cc3cnn(C)c3)cc2C)c(-c2csc(N3CC4CCC(C3)C4C(=O)O)n2)c1. The molecule has 6 rings (SSSR count). The summed E-state index contributed by atoms with van der Waals surface area (Å²) in [6, 6.07) is 11.9.